The zero-order valence-corrected chi connectivity index (χ0v) is 15.4. The molecule has 0 heterocycles. The molecule has 0 spiro atoms. The van der Waals surface area contributed by atoms with Gasteiger partial charge < -0.3 is 4.90 Å². The van der Waals surface area contributed by atoms with Gasteiger partial charge in [0.2, 0.25) is 0 Å². The summed E-state index contributed by atoms with van der Waals surface area (Å²) < 4.78 is 0. The van der Waals surface area contributed by atoms with Crippen LogP contribution >= 0.6 is 0 Å². The standard InChI is InChI=1S/C26H17NO/c1-3-4-5-6-7-22-10-16-25(17-11-22)27(24-14-8-21(2)9-15-24)26-18-12-23(20-28)13-19-26/h1,8-20H,2H3. The van der Waals surface area contributed by atoms with Crippen LogP contribution in [0.4, 0.5) is 17.1 Å². The van der Waals surface area contributed by atoms with E-state index in [-0.39, 0.29) is 0 Å². The number of terminal acetylenes is 1. The minimum Gasteiger partial charge on any atom is -0.311 e. The third-order valence-corrected chi connectivity index (χ3v) is 4.11. The second kappa shape index (κ2) is 8.95. The van der Waals surface area contributed by atoms with Gasteiger partial charge in [0.25, 0.3) is 0 Å². The van der Waals surface area contributed by atoms with Gasteiger partial charge in [-0.1, -0.05) is 23.6 Å². The molecular formula is C26H17NO. The summed E-state index contributed by atoms with van der Waals surface area (Å²) in [7, 11) is 0. The van der Waals surface area contributed by atoms with Crippen LogP contribution in [-0.4, -0.2) is 6.29 Å². The minimum atomic E-state index is 0.645. The maximum Gasteiger partial charge on any atom is 0.150 e. The third-order valence-electron chi connectivity index (χ3n) is 4.11. The van der Waals surface area contributed by atoms with Crippen LogP contribution in [0.15, 0.2) is 72.8 Å². The van der Waals surface area contributed by atoms with Crippen LogP contribution in [0.3, 0.4) is 0 Å². The Bertz CT molecular complexity index is 1120. The Labute approximate surface area is 165 Å². The largest absolute Gasteiger partial charge is 0.311 e. The number of rotatable bonds is 4. The van der Waals surface area contributed by atoms with E-state index >= 15 is 0 Å². The topological polar surface area (TPSA) is 20.3 Å². The van der Waals surface area contributed by atoms with Gasteiger partial charge in [-0.25, -0.2) is 0 Å². The molecule has 0 aromatic heterocycles. The van der Waals surface area contributed by atoms with Crippen LogP contribution in [-0.2, 0) is 0 Å². The van der Waals surface area contributed by atoms with Crippen LogP contribution in [0, 0.1) is 42.9 Å². The van der Waals surface area contributed by atoms with E-state index in [4.69, 9.17) is 6.42 Å². The zero-order chi connectivity index (χ0) is 19.8. The van der Waals surface area contributed by atoms with Gasteiger partial charge in [0.15, 0.2) is 0 Å². The van der Waals surface area contributed by atoms with E-state index in [1.165, 1.54) is 5.56 Å². The molecule has 0 atom stereocenters. The molecule has 132 valence electrons. The highest BCUT2D eigenvalue weighted by atomic mass is 16.1. The maximum absolute atomic E-state index is 11.0. The normalized spacial score (nSPS) is 9.14. The second-order valence-corrected chi connectivity index (χ2v) is 6.07. The van der Waals surface area contributed by atoms with Gasteiger partial charge in [-0.2, -0.15) is 0 Å². The molecule has 2 heteroatoms. The van der Waals surface area contributed by atoms with E-state index in [1.54, 1.807) is 0 Å². The van der Waals surface area contributed by atoms with Gasteiger partial charge in [-0.3, -0.25) is 4.79 Å². The molecule has 0 fully saturated rings. The van der Waals surface area contributed by atoms with Crippen molar-refractivity contribution in [1.29, 1.82) is 0 Å². The van der Waals surface area contributed by atoms with Crippen molar-refractivity contribution in [2.45, 2.75) is 6.92 Å². The molecule has 3 aromatic rings. The summed E-state index contributed by atoms with van der Waals surface area (Å²) in [4.78, 5) is 13.1. The molecule has 0 aliphatic carbocycles. The molecular weight excluding hydrogens is 342 g/mol. The van der Waals surface area contributed by atoms with E-state index in [2.05, 4.69) is 65.7 Å². The van der Waals surface area contributed by atoms with E-state index in [0.29, 0.717) is 5.56 Å². The highest BCUT2D eigenvalue weighted by Crippen LogP contribution is 2.34. The first kappa shape index (κ1) is 18.6. The predicted octanol–water partition coefficient (Wildman–Crippen LogP) is 5.27. The summed E-state index contributed by atoms with van der Waals surface area (Å²) in [6.45, 7) is 2.06. The van der Waals surface area contributed by atoms with Crippen LogP contribution < -0.4 is 4.90 Å². The average Bonchev–Trinajstić information content (AvgIpc) is 2.74. The molecule has 0 unspecified atom stereocenters. The molecule has 3 rings (SSSR count). The van der Waals surface area contributed by atoms with E-state index < -0.39 is 0 Å². The van der Waals surface area contributed by atoms with Gasteiger partial charge in [0.05, 0.1) is 0 Å². The van der Waals surface area contributed by atoms with Crippen LogP contribution in [0.1, 0.15) is 21.5 Å². The highest BCUT2D eigenvalue weighted by Gasteiger charge is 2.12. The lowest BCUT2D eigenvalue weighted by molar-refractivity contribution is 0.112. The first-order chi connectivity index (χ1) is 13.7. The van der Waals surface area contributed by atoms with E-state index in [1.807, 2.05) is 48.5 Å². The van der Waals surface area contributed by atoms with E-state index in [0.717, 1.165) is 28.9 Å². The Morgan fingerprint density at radius 2 is 1.29 bits per heavy atom. The Hall–Kier alpha value is -4.19. The molecule has 28 heavy (non-hydrogen) atoms. The lowest BCUT2D eigenvalue weighted by atomic mass is 10.1. The number of anilines is 3. The SMILES string of the molecule is C#CC#CC#Cc1ccc(N(c2ccc(C)cc2)c2ccc(C=O)cc2)cc1. The smallest absolute Gasteiger partial charge is 0.150 e. The third kappa shape index (κ3) is 4.50. The van der Waals surface area contributed by atoms with Gasteiger partial charge in [0, 0.05) is 28.2 Å². The van der Waals surface area contributed by atoms with Gasteiger partial charge in [-0.15, -0.1) is 6.42 Å². The number of hydrogen-bond donors (Lipinski definition) is 0. The van der Waals surface area contributed by atoms with Gasteiger partial charge in [-0.05, 0) is 91.3 Å². The summed E-state index contributed by atoms with van der Waals surface area (Å²) in [5, 5.41) is 0. The lowest BCUT2D eigenvalue weighted by Gasteiger charge is -2.25. The fourth-order valence-corrected chi connectivity index (χ4v) is 2.71. The Morgan fingerprint density at radius 1 is 0.750 bits per heavy atom. The Morgan fingerprint density at radius 3 is 1.82 bits per heavy atom. The molecule has 0 amide bonds. The van der Waals surface area contributed by atoms with Crippen molar-refractivity contribution < 1.29 is 4.79 Å². The molecule has 0 aliphatic heterocycles. The van der Waals surface area contributed by atoms with Gasteiger partial charge in [0.1, 0.15) is 6.29 Å². The van der Waals surface area contributed by atoms with Crippen molar-refractivity contribution >= 4 is 23.3 Å². The zero-order valence-electron chi connectivity index (χ0n) is 15.4. The fourth-order valence-electron chi connectivity index (χ4n) is 2.71. The van der Waals surface area contributed by atoms with Crippen molar-refractivity contribution in [3.63, 3.8) is 0 Å². The van der Waals surface area contributed by atoms with Crippen molar-refractivity contribution in [2.75, 3.05) is 4.90 Å². The molecule has 3 aromatic carbocycles. The quantitative estimate of drug-likeness (QED) is 0.467. The number of benzene rings is 3. The fraction of sp³-hybridized carbons (Fsp3) is 0.0385. The summed E-state index contributed by atoms with van der Waals surface area (Å²) in [5.41, 5.74) is 5.68. The molecule has 0 radical (unpaired) electrons. The number of nitrogens with zero attached hydrogens (tertiary/aromatic N) is 1. The molecule has 0 saturated carbocycles. The first-order valence-corrected chi connectivity index (χ1v) is 8.70. The number of hydrogen-bond acceptors (Lipinski definition) is 2. The molecule has 0 N–H and O–H groups in total. The summed E-state index contributed by atoms with van der Waals surface area (Å²) in [6.07, 6.45) is 5.93. The van der Waals surface area contributed by atoms with E-state index in [9.17, 15) is 4.79 Å². The molecule has 0 aliphatic rings. The lowest BCUT2D eigenvalue weighted by Crippen LogP contribution is -2.10. The Kier molecular flexibility index (Phi) is 5.95. The highest BCUT2D eigenvalue weighted by molar-refractivity contribution is 5.80. The number of carbonyl (C=O) groups is 1. The molecule has 2 nitrogen and oxygen atoms in total. The van der Waals surface area contributed by atoms with Crippen molar-refractivity contribution in [3.8, 4) is 36.0 Å². The summed E-state index contributed by atoms with van der Waals surface area (Å²) in [5.74, 6) is 13.0. The van der Waals surface area contributed by atoms with Crippen molar-refractivity contribution in [1.82, 2.24) is 0 Å². The van der Waals surface area contributed by atoms with Crippen molar-refractivity contribution in [2.24, 2.45) is 0 Å². The average molecular weight is 359 g/mol. The van der Waals surface area contributed by atoms with Crippen LogP contribution in [0.2, 0.25) is 0 Å². The number of carbonyl (C=O) groups excluding carboxylic acids is 1. The first-order valence-electron chi connectivity index (χ1n) is 8.70. The van der Waals surface area contributed by atoms with Crippen molar-refractivity contribution in [3.05, 3.63) is 89.5 Å². The number of aldehydes is 1. The molecule has 0 saturated heterocycles. The second-order valence-electron chi connectivity index (χ2n) is 6.07. The van der Waals surface area contributed by atoms with Crippen LogP contribution in [0.25, 0.3) is 0 Å². The predicted molar refractivity (Wildman–Crippen MR) is 115 cm³/mol. The Balaban J connectivity index is 2.00. The monoisotopic (exact) mass is 359 g/mol. The minimum absolute atomic E-state index is 0.645. The molecule has 0 bridgehead atoms. The maximum atomic E-state index is 11.0. The van der Waals surface area contributed by atoms with Crippen LogP contribution in [0.5, 0.6) is 0 Å². The summed E-state index contributed by atoms with van der Waals surface area (Å²) >= 11 is 0. The number of aryl methyl sites for hydroxylation is 1. The van der Waals surface area contributed by atoms with Gasteiger partial charge >= 0.3 is 0 Å². The summed E-state index contributed by atoms with van der Waals surface area (Å²) in [6, 6.07) is 23.7.